The summed E-state index contributed by atoms with van der Waals surface area (Å²) in [6, 6.07) is 3.97. The number of alkyl halides is 5. The molecule has 214 valence electrons. The topological polar surface area (TPSA) is 108 Å². The largest absolute Gasteiger partial charge is 0.481 e. The number of imidazole rings is 1. The second-order valence-electron chi connectivity index (χ2n) is 10.3. The molecule has 2 fully saturated rings. The van der Waals surface area contributed by atoms with Crippen LogP contribution in [0.2, 0.25) is 0 Å². The SMILES string of the molecule is O=C(O)C[C@H](CCN1CCCC(F)(F)C1)NC(=O)c1cn(-c2ccccc2C(F)(F)F)c(C2CC[C@H](O)C2)n1. The number of hydrogen-bond donors (Lipinski definition) is 3. The van der Waals surface area contributed by atoms with Crippen molar-refractivity contribution in [3.05, 3.63) is 47.5 Å². The smallest absolute Gasteiger partial charge is 0.418 e. The fraction of sp³-hybridized carbons (Fsp3) is 0.577. The van der Waals surface area contributed by atoms with E-state index in [4.69, 9.17) is 0 Å². The lowest BCUT2D eigenvalue weighted by Crippen LogP contribution is -2.45. The third-order valence-electron chi connectivity index (χ3n) is 7.23. The first-order valence-corrected chi connectivity index (χ1v) is 12.9. The maximum Gasteiger partial charge on any atom is 0.418 e. The van der Waals surface area contributed by atoms with Crippen LogP contribution < -0.4 is 5.32 Å². The number of nitrogens with zero attached hydrogens (tertiary/aromatic N) is 3. The van der Waals surface area contributed by atoms with Crippen molar-refractivity contribution in [1.82, 2.24) is 19.8 Å². The van der Waals surface area contributed by atoms with Gasteiger partial charge in [-0.1, -0.05) is 12.1 Å². The van der Waals surface area contributed by atoms with Crippen LogP contribution in [0.4, 0.5) is 22.0 Å². The number of nitrogens with one attached hydrogen (secondary N) is 1. The number of aliphatic hydroxyl groups is 1. The van der Waals surface area contributed by atoms with E-state index in [2.05, 4.69) is 10.3 Å². The number of aromatic nitrogens is 2. The summed E-state index contributed by atoms with van der Waals surface area (Å²) in [6.07, 6.45) is -3.23. The zero-order valence-corrected chi connectivity index (χ0v) is 21.1. The highest BCUT2D eigenvalue weighted by atomic mass is 19.4. The van der Waals surface area contributed by atoms with Gasteiger partial charge in [0.05, 0.1) is 30.3 Å². The summed E-state index contributed by atoms with van der Waals surface area (Å²) in [5.41, 5.74) is -1.35. The van der Waals surface area contributed by atoms with Crippen molar-refractivity contribution in [2.45, 2.75) is 75.1 Å². The Morgan fingerprint density at radius 2 is 1.95 bits per heavy atom. The predicted octanol–water partition coefficient (Wildman–Crippen LogP) is 4.21. The number of carbonyl (C=O) groups is 2. The first-order valence-electron chi connectivity index (χ1n) is 12.9. The molecular formula is C26H31F5N4O4. The number of aliphatic hydroxyl groups excluding tert-OH is 1. The molecule has 2 aliphatic rings. The van der Waals surface area contributed by atoms with E-state index >= 15 is 0 Å². The molecule has 1 aliphatic heterocycles. The molecule has 1 unspecified atom stereocenters. The van der Waals surface area contributed by atoms with Crippen LogP contribution in [0.1, 0.15) is 72.7 Å². The van der Waals surface area contributed by atoms with Gasteiger partial charge in [0, 0.05) is 31.1 Å². The molecular weight excluding hydrogens is 527 g/mol. The highest BCUT2D eigenvalue weighted by molar-refractivity contribution is 5.92. The maximum atomic E-state index is 13.8. The first-order chi connectivity index (χ1) is 18.3. The lowest BCUT2D eigenvalue weighted by Gasteiger charge is -2.33. The molecule has 3 N–H and O–H groups in total. The number of likely N-dealkylation sites (tertiary alicyclic amines) is 1. The van der Waals surface area contributed by atoms with E-state index in [1.54, 1.807) is 0 Å². The summed E-state index contributed by atoms with van der Waals surface area (Å²) >= 11 is 0. The van der Waals surface area contributed by atoms with E-state index in [1.807, 2.05) is 0 Å². The number of carboxylic acids is 1. The molecule has 1 saturated heterocycles. The van der Waals surface area contributed by atoms with Gasteiger partial charge in [-0.2, -0.15) is 13.2 Å². The van der Waals surface area contributed by atoms with Gasteiger partial charge in [0.15, 0.2) is 0 Å². The van der Waals surface area contributed by atoms with Gasteiger partial charge in [-0.25, -0.2) is 13.8 Å². The molecule has 0 radical (unpaired) electrons. The van der Waals surface area contributed by atoms with Crippen molar-refractivity contribution in [1.29, 1.82) is 0 Å². The van der Waals surface area contributed by atoms with Gasteiger partial charge >= 0.3 is 12.1 Å². The number of amides is 1. The third-order valence-corrected chi connectivity index (χ3v) is 7.23. The van der Waals surface area contributed by atoms with Gasteiger partial charge in [0.2, 0.25) is 0 Å². The molecule has 4 rings (SSSR count). The average Bonchev–Trinajstić information content (AvgIpc) is 3.47. The van der Waals surface area contributed by atoms with Crippen molar-refractivity contribution in [3.8, 4) is 5.69 Å². The van der Waals surface area contributed by atoms with E-state index in [1.165, 1.54) is 33.9 Å². The molecule has 13 heteroatoms. The van der Waals surface area contributed by atoms with Gasteiger partial charge < -0.3 is 20.1 Å². The Bertz CT molecular complexity index is 1190. The lowest BCUT2D eigenvalue weighted by molar-refractivity contribution is -0.138. The zero-order chi connectivity index (χ0) is 28.4. The van der Waals surface area contributed by atoms with Crippen molar-refractivity contribution in [3.63, 3.8) is 0 Å². The molecule has 1 aromatic heterocycles. The van der Waals surface area contributed by atoms with E-state index in [-0.39, 0.29) is 43.0 Å². The van der Waals surface area contributed by atoms with Gasteiger partial charge in [-0.3, -0.25) is 14.5 Å². The minimum atomic E-state index is -4.67. The molecule has 1 aromatic carbocycles. The molecule has 1 saturated carbocycles. The van der Waals surface area contributed by atoms with Crippen LogP contribution in [0.15, 0.2) is 30.5 Å². The molecule has 39 heavy (non-hydrogen) atoms. The third kappa shape index (κ3) is 7.33. The Balaban J connectivity index is 1.58. The van der Waals surface area contributed by atoms with Crippen LogP contribution in [0.5, 0.6) is 0 Å². The summed E-state index contributed by atoms with van der Waals surface area (Å²) in [7, 11) is 0. The lowest BCUT2D eigenvalue weighted by atomic mass is 10.1. The van der Waals surface area contributed by atoms with Crippen molar-refractivity contribution < 1.29 is 41.8 Å². The second kappa shape index (κ2) is 11.6. The van der Waals surface area contributed by atoms with E-state index in [0.717, 1.165) is 6.07 Å². The summed E-state index contributed by atoms with van der Waals surface area (Å²) in [4.78, 5) is 30.5. The standard InChI is InChI=1S/C26H31F5N4O4/c27-25(28)9-3-10-34(15-25)11-8-17(13-22(37)38)32-24(39)20-14-35(23(33-20)16-6-7-18(36)12-16)21-5-2-1-4-19(21)26(29,30)31/h1-2,4-5,14,16-18,36H,3,6-13,15H2,(H,32,39)(H,37,38)/t16?,17-,18-/m0/s1. The van der Waals surface area contributed by atoms with Crippen LogP contribution in [0.3, 0.4) is 0 Å². The minimum Gasteiger partial charge on any atom is -0.481 e. The fourth-order valence-corrected chi connectivity index (χ4v) is 5.37. The monoisotopic (exact) mass is 558 g/mol. The number of carboxylic acid groups (broad SMARTS) is 1. The van der Waals surface area contributed by atoms with Crippen molar-refractivity contribution in [2.75, 3.05) is 19.6 Å². The van der Waals surface area contributed by atoms with Gasteiger partial charge in [0.25, 0.3) is 11.8 Å². The Morgan fingerprint density at radius 3 is 2.59 bits per heavy atom. The highest BCUT2D eigenvalue weighted by Crippen LogP contribution is 2.38. The normalized spacial score (nSPS) is 22.5. The zero-order valence-electron chi connectivity index (χ0n) is 21.1. The summed E-state index contributed by atoms with van der Waals surface area (Å²) in [5.74, 6) is -5.01. The Morgan fingerprint density at radius 1 is 1.21 bits per heavy atom. The number of hydrogen-bond acceptors (Lipinski definition) is 5. The highest BCUT2D eigenvalue weighted by Gasteiger charge is 2.37. The molecule has 1 amide bonds. The van der Waals surface area contributed by atoms with Crippen LogP contribution in [-0.4, -0.2) is 74.2 Å². The van der Waals surface area contributed by atoms with E-state index in [0.29, 0.717) is 25.8 Å². The number of halogens is 5. The number of benzene rings is 1. The second-order valence-corrected chi connectivity index (χ2v) is 10.3. The number of carbonyl (C=O) groups excluding carboxylic acids is 1. The quantitative estimate of drug-likeness (QED) is 0.398. The number of piperidine rings is 1. The summed E-state index contributed by atoms with van der Waals surface area (Å²) < 4.78 is 70.1. The number of aliphatic carboxylic acids is 1. The van der Waals surface area contributed by atoms with Crippen LogP contribution in [0, 0.1) is 0 Å². The Hall–Kier alpha value is -3.06. The predicted molar refractivity (Wildman–Crippen MR) is 130 cm³/mol. The Kier molecular flexibility index (Phi) is 8.60. The van der Waals surface area contributed by atoms with E-state index in [9.17, 15) is 41.8 Å². The van der Waals surface area contributed by atoms with Crippen LogP contribution >= 0.6 is 0 Å². The van der Waals surface area contributed by atoms with E-state index < -0.39 is 60.6 Å². The van der Waals surface area contributed by atoms with Crippen LogP contribution in [0.25, 0.3) is 5.69 Å². The molecule has 0 spiro atoms. The molecule has 2 heterocycles. The van der Waals surface area contributed by atoms with Crippen molar-refractivity contribution >= 4 is 11.9 Å². The summed E-state index contributed by atoms with van der Waals surface area (Å²) in [5, 5.41) is 21.9. The van der Waals surface area contributed by atoms with Gasteiger partial charge in [-0.05, 0) is 50.8 Å². The number of rotatable bonds is 9. The maximum absolute atomic E-state index is 13.8. The molecule has 1 aliphatic carbocycles. The minimum absolute atomic E-state index is 0.0907. The fourth-order valence-electron chi connectivity index (χ4n) is 5.37. The molecule has 8 nitrogen and oxygen atoms in total. The number of para-hydroxylation sites is 1. The van der Waals surface area contributed by atoms with Gasteiger partial charge in [-0.15, -0.1) is 0 Å². The van der Waals surface area contributed by atoms with Crippen molar-refractivity contribution in [2.24, 2.45) is 0 Å². The van der Waals surface area contributed by atoms with Crippen LogP contribution in [-0.2, 0) is 11.0 Å². The average molecular weight is 559 g/mol. The Labute approximate surface area is 221 Å². The molecule has 0 bridgehead atoms. The van der Waals surface area contributed by atoms with Gasteiger partial charge in [0.1, 0.15) is 11.5 Å². The summed E-state index contributed by atoms with van der Waals surface area (Å²) in [6.45, 7) is 0.135. The molecule has 3 atom stereocenters. The molecule has 2 aromatic rings. The first kappa shape index (κ1) is 28.9.